The molecule has 3 aromatic rings. The summed E-state index contributed by atoms with van der Waals surface area (Å²) in [4.78, 5) is 31.3. The van der Waals surface area contributed by atoms with Gasteiger partial charge in [0.2, 0.25) is 15.9 Å². The Morgan fingerprint density at radius 3 is 2.50 bits per heavy atom. The van der Waals surface area contributed by atoms with E-state index in [2.05, 4.69) is 10.3 Å². The normalized spacial score (nSPS) is 12.1. The number of aryl methyl sites for hydroxylation is 3. The van der Waals surface area contributed by atoms with Crippen LogP contribution in [0.4, 0.5) is 0 Å². The number of fused-ring (bicyclic) bond motifs is 1. The number of thiophene rings is 1. The number of rotatable bonds is 8. The molecule has 1 N–H and O–H groups in total. The van der Waals surface area contributed by atoms with Crippen LogP contribution in [0.3, 0.4) is 0 Å². The van der Waals surface area contributed by atoms with Crippen molar-refractivity contribution in [1.82, 2.24) is 19.2 Å². The number of benzene rings is 1. The highest BCUT2D eigenvalue weighted by molar-refractivity contribution is 7.89. The molecule has 2 heterocycles. The number of hydrogen-bond acceptors (Lipinski definition) is 6. The van der Waals surface area contributed by atoms with E-state index in [1.54, 1.807) is 31.3 Å². The lowest BCUT2D eigenvalue weighted by molar-refractivity contribution is -0.121. The minimum Gasteiger partial charge on any atom is -0.352 e. The molecule has 0 spiro atoms. The van der Waals surface area contributed by atoms with E-state index in [1.807, 2.05) is 27.7 Å². The summed E-state index contributed by atoms with van der Waals surface area (Å²) in [5, 5.41) is 3.43. The van der Waals surface area contributed by atoms with Crippen molar-refractivity contribution in [2.45, 2.75) is 58.1 Å². The van der Waals surface area contributed by atoms with Crippen LogP contribution in [-0.4, -0.2) is 41.3 Å². The molecule has 0 saturated carbocycles. The fourth-order valence-corrected chi connectivity index (χ4v) is 5.52. The second kappa shape index (κ2) is 9.51. The van der Waals surface area contributed by atoms with Gasteiger partial charge in [0.25, 0.3) is 5.56 Å². The molecular formula is C22H28N4O4S2. The zero-order valence-electron chi connectivity index (χ0n) is 18.9. The third-order valence-electron chi connectivity index (χ3n) is 5.55. The summed E-state index contributed by atoms with van der Waals surface area (Å²) < 4.78 is 27.8. The highest BCUT2D eigenvalue weighted by Gasteiger charge is 2.22. The Balaban J connectivity index is 1.59. The quantitative estimate of drug-likeness (QED) is 0.539. The third-order valence-corrected chi connectivity index (χ3v) is 8.72. The molecule has 3 rings (SSSR count). The van der Waals surface area contributed by atoms with Crippen molar-refractivity contribution in [1.29, 1.82) is 0 Å². The van der Waals surface area contributed by atoms with Crippen molar-refractivity contribution >= 4 is 37.5 Å². The Hall–Kier alpha value is -2.56. The van der Waals surface area contributed by atoms with Gasteiger partial charge in [-0.25, -0.2) is 13.4 Å². The zero-order chi connectivity index (χ0) is 23.6. The van der Waals surface area contributed by atoms with Gasteiger partial charge in [-0.3, -0.25) is 14.2 Å². The van der Waals surface area contributed by atoms with Crippen molar-refractivity contribution < 1.29 is 13.2 Å². The van der Waals surface area contributed by atoms with E-state index in [1.165, 1.54) is 26.5 Å². The van der Waals surface area contributed by atoms with E-state index in [0.29, 0.717) is 5.39 Å². The Kier molecular flexibility index (Phi) is 7.16. The molecule has 0 aliphatic carbocycles. The summed E-state index contributed by atoms with van der Waals surface area (Å²) in [7, 11) is -1.99. The number of aromatic nitrogens is 2. The molecule has 0 unspecified atom stereocenters. The predicted octanol–water partition coefficient (Wildman–Crippen LogP) is 2.81. The largest absolute Gasteiger partial charge is 0.352 e. The molecule has 1 aromatic carbocycles. The first-order valence-electron chi connectivity index (χ1n) is 10.3. The maximum atomic E-state index is 12.7. The number of carbonyl (C=O) groups is 1. The number of nitrogens with zero attached hydrogens (tertiary/aromatic N) is 3. The van der Waals surface area contributed by atoms with Crippen molar-refractivity contribution in [2.75, 3.05) is 7.05 Å². The van der Waals surface area contributed by atoms with Crippen molar-refractivity contribution in [3.8, 4) is 0 Å². The van der Waals surface area contributed by atoms with Gasteiger partial charge < -0.3 is 5.32 Å². The van der Waals surface area contributed by atoms with Crippen molar-refractivity contribution in [3.63, 3.8) is 0 Å². The molecule has 0 bridgehead atoms. The minimum atomic E-state index is -3.54. The Bertz CT molecular complexity index is 1290. The summed E-state index contributed by atoms with van der Waals surface area (Å²) in [5.41, 5.74) is 1.59. The first-order valence-corrected chi connectivity index (χ1v) is 12.6. The Morgan fingerprint density at radius 2 is 1.88 bits per heavy atom. The molecular weight excluding hydrogens is 448 g/mol. The lowest BCUT2D eigenvalue weighted by atomic mass is 10.2. The first-order chi connectivity index (χ1) is 15.0. The summed E-state index contributed by atoms with van der Waals surface area (Å²) in [5.74, 6) is -0.202. The standard InChI is InChI=1S/C22H28N4O4S2/c1-14(2)25(5)32(29,30)18-8-6-17(7-9-18)12-23-19(27)10-11-26-13-24-21-20(22(26)28)15(3)16(4)31-21/h6-9,13-14H,10-12H2,1-5H3,(H,23,27). The molecule has 0 aliphatic heterocycles. The van der Waals surface area contributed by atoms with Crippen molar-refractivity contribution in [3.05, 3.63) is 57.0 Å². The van der Waals surface area contributed by atoms with E-state index in [4.69, 9.17) is 0 Å². The van der Waals surface area contributed by atoms with Gasteiger partial charge in [-0.15, -0.1) is 11.3 Å². The summed E-state index contributed by atoms with van der Waals surface area (Å²) in [6, 6.07) is 6.31. The Morgan fingerprint density at radius 1 is 1.22 bits per heavy atom. The summed E-state index contributed by atoms with van der Waals surface area (Å²) >= 11 is 1.49. The summed E-state index contributed by atoms with van der Waals surface area (Å²) in [6.45, 7) is 8.00. The number of amides is 1. The topological polar surface area (TPSA) is 101 Å². The predicted molar refractivity (Wildman–Crippen MR) is 126 cm³/mol. The molecule has 2 aromatic heterocycles. The van der Waals surface area contributed by atoms with Gasteiger partial charge in [0, 0.05) is 37.5 Å². The second-order valence-corrected chi connectivity index (χ2v) is 11.2. The number of sulfonamides is 1. The summed E-state index contributed by atoms with van der Waals surface area (Å²) in [6.07, 6.45) is 1.63. The van der Waals surface area contributed by atoms with E-state index >= 15 is 0 Å². The lowest BCUT2D eigenvalue weighted by Crippen LogP contribution is -2.33. The molecule has 0 atom stereocenters. The van der Waals surface area contributed by atoms with Gasteiger partial charge in [0.15, 0.2) is 0 Å². The SMILES string of the molecule is Cc1sc2ncn(CCC(=O)NCc3ccc(S(=O)(=O)N(C)C(C)C)cc3)c(=O)c2c1C. The maximum absolute atomic E-state index is 12.7. The Labute approximate surface area is 192 Å². The van der Waals surface area contributed by atoms with Gasteiger partial charge in [-0.1, -0.05) is 12.1 Å². The fraction of sp³-hybridized carbons (Fsp3) is 0.409. The van der Waals surface area contributed by atoms with Crippen LogP contribution >= 0.6 is 11.3 Å². The lowest BCUT2D eigenvalue weighted by Gasteiger charge is -2.21. The maximum Gasteiger partial charge on any atom is 0.262 e. The van der Waals surface area contributed by atoms with Gasteiger partial charge >= 0.3 is 0 Å². The molecule has 0 aliphatic rings. The number of hydrogen-bond donors (Lipinski definition) is 1. The number of nitrogens with one attached hydrogen (secondary N) is 1. The van der Waals surface area contributed by atoms with Crippen LogP contribution in [0.15, 0.2) is 40.3 Å². The van der Waals surface area contributed by atoms with E-state index in [0.717, 1.165) is 20.8 Å². The van der Waals surface area contributed by atoms with E-state index in [9.17, 15) is 18.0 Å². The molecule has 0 radical (unpaired) electrons. The van der Waals surface area contributed by atoms with Crippen LogP contribution in [0.1, 0.15) is 36.3 Å². The number of carbonyl (C=O) groups excluding carboxylic acids is 1. The molecule has 0 fully saturated rings. The van der Waals surface area contributed by atoms with Gasteiger partial charge in [0.05, 0.1) is 16.6 Å². The second-order valence-electron chi connectivity index (χ2n) is 7.99. The molecule has 172 valence electrons. The first kappa shape index (κ1) is 24.1. The van der Waals surface area contributed by atoms with E-state index in [-0.39, 0.29) is 41.9 Å². The zero-order valence-corrected chi connectivity index (χ0v) is 20.5. The van der Waals surface area contributed by atoms with Crippen LogP contribution in [0, 0.1) is 13.8 Å². The van der Waals surface area contributed by atoms with Gasteiger partial charge in [-0.2, -0.15) is 4.31 Å². The molecule has 1 amide bonds. The van der Waals surface area contributed by atoms with E-state index < -0.39 is 10.0 Å². The monoisotopic (exact) mass is 476 g/mol. The van der Waals surface area contributed by atoms with Crippen LogP contribution in [-0.2, 0) is 27.9 Å². The highest BCUT2D eigenvalue weighted by atomic mass is 32.2. The molecule has 10 heteroatoms. The van der Waals surface area contributed by atoms with Crippen LogP contribution in [0.2, 0.25) is 0 Å². The van der Waals surface area contributed by atoms with Crippen LogP contribution in [0.5, 0.6) is 0 Å². The van der Waals surface area contributed by atoms with Crippen LogP contribution < -0.4 is 10.9 Å². The molecule has 32 heavy (non-hydrogen) atoms. The van der Waals surface area contributed by atoms with Crippen LogP contribution in [0.25, 0.3) is 10.2 Å². The fourth-order valence-electron chi connectivity index (χ4n) is 3.16. The average molecular weight is 477 g/mol. The smallest absolute Gasteiger partial charge is 0.262 e. The van der Waals surface area contributed by atoms with Gasteiger partial charge in [-0.05, 0) is 51.0 Å². The molecule has 0 saturated heterocycles. The highest BCUT2D eigenvalue weighted by Crippen LogP contribution is 2.25. The average Bonchev–Trinajstić information content (AvgIpc) is 3.05. The van der Waals surface area contributed by atoms with Gasteiger partial charge in [0.1, 0.15) is 4.83 Å². The molecule has 8 nitrogen and oxygen atoms in total. The minimum absolute atomic E-state index is 0.132. The third kappa shape index (κ3) is 4.92. The van der Waals surface area contributed by atoms with Crippen molar-refractivity contribution in [2.24, 2.45) is 0 Å².